The minimum absolute atomic E-state index is 0.361. The summed E-state index contributed by atoms with van der Waals surface area (Å²) in [5.41, 5.74) is 1.92. The van der Waals surface area contributed by atoms with Crippen molar-refractivity contribution in [3.63, 3.8) is 0 Å². The van der Waals surface area contributed by atoms with E-state index in [1.54, 1.807) is 18.2 Å². The summed E-state index contributed by atoms with van der Waals surface area (Å²) in [6.07, 6.45) is 0. The van der Waals surface area contributed by atoms with Crippen LogP contribution in [0.3, 0.4) is 0 Å². The summed E-state index contributed by atoms with van der Waals surface area (Å²) in [4.78, 5) is 23.8. The quantitative estimate of drug-likeness (QED) is 0.746. The van der Waals surface area contributed by atoms with Gasteiger partial charge in [0.15, 0.2) is 0 Å². The van der Waals surface area contributed by atoms with Crippen molar-refractivity contribution in [3.05, 3.63) is 54.0 Å². The molecule has 0 bridgehead atoms. The number of aliphatic carboxylic acids is 1. The fourth-order valence-corrected chi connectivity index (χ4v) is 2.89. The molecule has 1 aliphatic rings. The fourth-order valence-electron chi connectivity index (χ4n) is 2.89. The Hall–Kier alpha value is -3.48. The number of hydrogen-bond acceptors (Lipinski definition) is 5. The highest BCUT2D eigenvalue weighted by molar-refractivity contribution is 6.10. The van der Waals surface area contributed by atoms with Gasteiger partial charge in [-0.1, -0.05) is 18.2 Å². The number of nitrogens with one attached hydrogen (secondary N) is 1. The second kappa shape index (κ2) is 5.52. The lowest BCUT2D eigenvalue weighted by Gasteiger charge is -2.18. The number of carbonyl (C=O) groups is 2. The lowest BCUT2D eigenvalue weighted by Crippen LogP contribution is -2.23. The van der Waals surface area contributed by atoms with Crippen molar-refractivity contribution in [1.82, 2.24) is 0 Å². The van der Waals surface area contributed by atoms with Gasteiger partial charge in [-0.15, -0.1) is 0 Å². The lowest BCUT2D eigenvalue weighted by molar-refractivity contribution is -0.151. The van der Waals surface area contributed by atoms with Crippen molar-refractivity contribution in [3.8, 4) is 0 Å². The van der Waals surface area contributed by atoms with E-state index in [0.717, 1.165) is 16.4 Å². The first-order valence-electron chi connectivity index (χ1n) is 7.92. The number of fused-ring (bicyclic) bond motifs is 3. The maximum atomic E-state index is 12.5. The van der Waals surface area contributed by atoms with Gasteiger partial charge in [0.2, 0.25) is 11.5 Å². The number of furan rings is 1. The Balaban J connectivity index is 1.68. The Morgan fingerprint density at radius 1 is 0.962 bits per heavy atom. The van der Waals surface area contributed by atoms with Crippen LogP contribution in [0.1, 0.15) is 13.8 Å². The molecule has 7 nitrogen and oxygen atoms in total. The van der Waals surface area contributed by atoms with E-state index >= 15 is 0 Å². The van der Waals surface area contributed by atoms with Crippen LogP contribution in [0.2, 0.25) is 0 Å². The summed E-state index contributed by atoms with van der Waals surface area (Å²) in [5.74, 6) is -4.15. The first kappa shape index (κ1) is 16.0. The van der Waals surface area contributed by atoms with Crippen LogP contribution in [0.15, 0.2) is 58.4 Å². The van der Waals surface area contributed by atoms with E-state index in [1.807, 2.05) is 24.3 Å². The summed E-state index contributed by atoms with van der Waals surface area (Å²) < 4.78 is 16.3. The molecule has 0 unspecified atom stereocenters. The van der Waals surface area contributed by atoms with Gasteiger partial charge in [0.25, 0.3) is 11.7 Å². The first-order valence-corrected chi connectivity index (χ1v) is 7.92. The zero-order valence-corrected chi connectivity index (χ0v) is 14.0. The molecule has 0 atom stereocenters. The molecule has 1 aliphatic heterocycles. The molecule has 4 rings (SSSR count). The van der Waals surface area contributed by atoms with E-state index in [9.17, 15) is 14.7 Å². The number of benzene rings is 2. The molecule has 0 saturated heterocycles. The topological polar surface area (TPSA) is 98.0 Å². The minimum Gasteiger partial charge on any atom is -0.475 e. The second-order valence-corrected chi connectivity index (χ2v) is 6.33. The SMILES string of the molecule is CC1(C)OC(C(=O)O)=C(C(=O)Nc2ccc3oc4ccccc4c3c2)O1. The summed E-state index contributed by atoms with van der Waals surface area (Å²) in [6, 6.07) is 12.8. The number of ether oxygens (including phenoxy) is 2. The van der Waals surface area contributed by atoms with Crippen molar-refractivity contribution in [2.45, 2.75) is 19.6 Å². The van der Waals surface area contributed by atoms with Gasteiger partial charge in [0.05, 0.1) is 0 Å². The zero-order valence-electron chi connectivity index (χ0n) is 14.0. The van der Waals surface area contributed by atoms with Gasteiger partial charge in [-0.2, -0.15) is 0 Å². The number of carbonyl (C=O) groups excluding carboxylic acids is 1. The minimum atomic E-state index is -1.36. The summed E-state index contributed by atoms with van der Waals surface area (Å²) in [5, 5.41) is 13.6. The fraction of sp³-hybridized carbons (Fsp3) is 0.158. The molecule has 2 heterocycles. The van der Waals surface area contributed by atoms with Crippen molar-refractivity contribution in [2.24, 2.45) is 0 Å². The monoisotopic (exact) mass is 353 g/mol. The maximum Gasteiger partial charge on any atom is 0.375 e. The predicted octanol–water partition coefficient (Wildman–Crippen LogP) is 3.60. The number of anilines is 1. The van der Waals surface area contributed by atoms with Crippen LogP contribution in [0.25, 0.3) is 21.9 Å². The van der Waals surface area contributed by atoms with Crippen molar-refractivity contribution >= 4 is 39.5 Å². The highest BCUT2D eigenvalue weighted by Gasteiger charge is 2.41. The zero-order chi connectivity index (χ0) is 18.5. The Morgan fingerprint density at radius 2 is 1.65 bits per heavy atom. The molecule has 0 aliphatic carbocycles. The van der Waals surface area contributed by atoms with Gasteiger partial charge in [0, 0.05) is 30.3 Å². The highest BCUT2D eigenvalue weighted by atomic mass is 16.7. The van der Waals surface area contributed by atoms with Gasteiger partial charge in [-0.25, -0.2) is 4.79 Å². The molecule has 0 saturated carbocycles. The second-order valence-electron chi connectivity index (χ2n) is 6.33. The molecule has 0 fully saturated rings. The molecule has 1 amide bonds. The highest BCUT2D eigenvalue weighted by Crippen LogP contribution is 2.33. The number of hydrogen-bond donors (Lipinski definition) is 2. The largest absolute Gasteiger partial charge is 0.475 e. The van der Waals surface area contributed by atoms with Gasteiger partial charge in [-0.3, -0.25) is 4.79 Å². The molecule has 7 heteroatoms. The molecular weight excluding hydrogens is 338 g/mol. The summed E-state index contributed by atoms with van der Waals surface area (Å²) in [6.45, 7) is 3.06. The smallest absolute Gasteiger partial charge is 0.375 e. The summed E-state index contributed by atoms with van der Waals surface area (Å²) >= 11 is 0. The van der Waals surface area contributed by atoms with Crippen molar-refractivity contribution in [2.75, 3.05) is 5.32 Å². The molecule has 2 N–H and O–H groups in total. The number of para-hydroxylation sites is 1. The third-order valence-electron chi connectivity index (χ3n) is 3.94. The van der Waals surface area contributed by atoms with Gasteiger partial charge < -0.3 is 24.3 Å². The van der Waals surface area contributed by atoms with Crippen LogP contribution in [-0.4, -0.2) is 22.8 Å². The van der Waals surface area contributed by atoms with Gasteiger partial charge in [-0.05, 0) is 24.3 Å². The molecule has 3 aromatic rings. The van der Waals surface area contributed by atoms with E-state index in [2.05, 4.69) is 5.32 Å². The van der Waals surface area contributed by atoms with Crippen LogP contribution in [0, 0.1) is 0 Å². The van der Waals surface area contributed by atoms with E-state index in [4.69, 9.17) is 13.9 Å². The van der Waals surface area contributed by atoms with Crippen LogP contribution in [0.4, 0.5) is 5.69 Å². The van der Waals surface area contributed by atoms with Crippen LogP contribution in [0.5, 0.6) is 0 Å². The molecular formula is C19H15NO6. The molecule has 1 aromatic heterocycles. The van der Waals surface area contributed by atoms with Crippen molar-refractivity contribution < 1.29 is 28.6 Å². The van der Waals surface area contributed by atoms with E-state index in [1.165, 1.54) is 13.8 Å². The maximum absolute atomic E-state index is 12.5. The van der Waals surface area contributed by atoms with Crippen molar-refractivity contribution in [1.29, 1.82) is 0 Å². The van der Waals surface area contributed by atoms with E-state index in [-0.39, 0.29) is 5.76 Å². The number of carboxylic acids is 1. The Labute approximate surface area is 147 Å². The molecule has 26 heavy (non-hydrogen) atoms. The number of rotatable bonds is 3. The molecule has 2 aromatic carbocycles. The Morgan fingerprint density at radius 3 is 2.42 bits per heavy atom. The van der Waals surface area contributed by atoms with E-state index in [0.29, 0.717) is 11.3 Å². The number of amides is 1. The standard InChI is InChI=1S/C19H15NO6/c1-19(2)25-15(16(26-19)18(22)23)17(21)20-10-7-8-14-12(9-10)11-5-3-4-6-13(11)24-14/h3-9H,1-2H3,(H,20,21)(H,22,23). The Bertz CT molecular complexity index is 1090. The molecule has 0 radical (unpaired) electrons. The normalized spacial score (nSPS) is 15.8. The van der Waals surface area contributed by atoms with Gasteiger partial charge in [0.1, 0.15) is 11.2 Å². The number of carboxylic acid groups (broad SMARTS) is 1. The third kappa shape index (κ3) is 2.63. The van der Waals surface area contributed by atoms with Crippen LogP contribution in [-0.2, 0) is 19.1 Å². The lowest BCUT2D eigenvalue weighted by atomic mass is 10.1. The predicted molar refractivity (Wildman–Crippen MR) is 93.3 cm³/mol. The van der Waals surface area contributed by atoms with E-state index < -0.39 is 23.4 Å². The Kier molecular flexibility index (Phi) is 3.40. The summed E-state index contributed by atoms with van der Waals surface area (Å²) in [7, 11) is 0. The van der Waals surface area contributed by atoms with Crippen LogP contribution >= 0.6 is 0 Å². The third-order valence-corrected chi connectivity index (χ3v) is 3.94. The molecule has 0 spiro atoms. The molecule has 132 valence electrons. The van der Waals surface area contributed by atoms with Gasteiger partial charge >= 0.3 is 5.97 Å². The van der Waals surface area contributed by atoms with Crippen LogP contribution < -0.4 is 5.32 Å². The average molecular weight is 353 g/mol. The first-order chi connectivity index (χ1) is 12.3. The average Bonchev–Trinajstić information content (AvgIpc) is 3.12.